The summed E-state index contributed by atoms with van der Waals surface area (Å²) in [6, 6.07) is 7.73. The molecule has 0 aliphatic rings. The molecular weight excluding hydrogens is 222 g/mol. The summed E-state index contributed by atoms with van der Waals surface area (Å²) < 4.78 is 5.46. The highest BCUT2D eigenvalue weighted by Gasteiger charge is 2.08. The molecule has 1 aromatic carbocycles. The van der Waals surface area contributed by atoms with Crippen molar-refractivity contribution in [3.8, 4) is 17.0 Å². The lowest BCUT2D eigenvalue weighted by Crippen LogP contribution is -2.02. The van der Waals surface area contributed by atoms with Crippen LogP contribution in [0.1, 0.15) is 5.01 Å². The third kappa shape index (κ3) is 2.40. The Morgan fingerprint density at radius 3 is 2.88 bits per heavy atom. The summed E-state index contributed by atoms with van der Waals surface area (Å²) in [5.41, 5.74) is 1.90. The number of nitrogens with zero attached hydrogens (tertiary/aromatic N) is 1. The largest absolute Gasteiger partial charge is 0.490 e. The quantitative estimate of drug-likeness (QED) is 0.885. The highest BCUT2D eigenvalue weighted by Crippen LogP contribution is 2.30. The van der Waals surface area contributed by atoms with Gasteiger partial charge in [0.2, 0.25) is 0 Å². The normalized spacial score (nSPS) is 10.4. The highest BCUT2D eigenvalue weighted by atomic mass is 32.1. The van der Waals surface area contributed by atoms with Gasteiger partial charge in [0.15, 0.2) is 0 Å². The minimum absolute atomic E-state index is 0.0183. The number of thiazole rings is 1. The molecule has 3 nitrogen and oxygen atoms in total. The lowest BCUT2D eigenvalue weighted by Gasteiger charge is -2.08. The van der Waals surface area contributed by atoms with E-state index in [0.717, 1.165) is 22.0 Å². The molecule has 0 saturated carbocycles. The summed E-state index contributed by atoms with van der Waals surface area (Å²) >= 11 is 1.62. The summed E-state index contributed by atoms with van der Waals surface area (Å²) in [6.45, 7) is 2.30. The number of aromatic nitrogens is 1. The zero-order chi connectivity index (χ0) is 11.4. The SMILES string of the molecule is Cc1nc(-c2ccccc2OCCO)cs1. The van der Waals surface area contributed by atoms with E-state index < -0.39 is 0 Å². The fourth-order valence-electron chi connectivity index (χ4n) is 1.45. The summed E-state index contributed by atoms with van der Waals surface area (Å²) in [5, 5.41) is 11.8. The smallest absolute Gasteiger partial charge is 0.128 e. The first kappa shape index (κ1) is 11.1. The minimum Gasteiger partial charge on any atom is -0.490 e. The fourth-order valence-corrected chi connectivity index (χ4v) is 2.06. The van der Waals surface area contributed by atoms with Crippen LogP contribution in [-0.2, 0) is 0 Å². The standard InChI is InChI=1S/C12H13NO2S/c1-9-13-11(8-16-9)10-4-2-3-5-12(10)15-7-6-14/h2-5,8,14H,6-7H2,1H3. The predicted molar refractivity (Wildman–Crippen MR) is 64.9 cm³/mol. The van der Waals surface area contributed by atoms with Gasteiger partial charge in [0.05, 0.1) is 17.3 Å². The molecule has 0 radical (unpaired) electrons. The van der Waals surface area contributed by atoms with Crippen LogP contribution in [0.5, 0.6) is 5.75 Å². The van der Waals surface area contributed by atoms with Crippen LogP contribution in [-0.4, -0.2) is 23.3 Å². The van der Waals surface area contributed by atoms with E-state index in [4.69, 9.17) is 9.84 Å². The molecule has 2 aromatic rings. The van der Waals surface area contributed by atoms with Crippen LogP contribution in [0.15, 0.2) is 29.6 Å². The van der Waals surface area contributed by atoms with Gasteiger partial charge >= 0.3 is 0 Å². The van der Waals surface area contributed by atoms with Gasteiger partial charge in [0.25, 0.3) is 0 Å². The molecule has 0 atom stereocenters. The summed E-state index contributed by atoms with van der Waals surface area (Å²) in [4.78, 5) is 4.43. The van der Waals surface area contributed by atoms with Crippen molar-refractivity contribution in [2.75, 3.05) is 13.2 Å². The summed E-state index contributed by atoms with van der Waals surface area (Å²) in [7, 11) is 0. The van der Waals surface area contributed by atoms with E-state index in [9.17, 15) is 0 Å². The van der Waals surface area contributed by atoms with Gasteiger partial charge in [0, 0.05) is 10.9 Å². The van der Waals surface area contributed by atoms with Crippen LogP contribution in [0, 0.1) is 6.92 Å². The zero-order valence-corrected chi connectivity index (χ0v) is 9.83. The van der Waals surface area contributed by atoms with Crippen LogP contribution >= 0.6 is 11.3 Å². The van der Waals surface area contributed by atoms with Crippen molar-refractivity contribution in [2.45, 2.75) is 6.92 Å². The van der Waals surface area contributed by atoms with Gasteiger partial charge in [-0.1, -0.05) is 12.1 Å². The number of aryl methyl sites for hydroxylation is 1. The maximum absolute atomic E-state index is 8.75. The van der Waals surface area contributed by atoms with Crippen molar-refractivity contribution >= 4 is 11.3 Å². The first-order valence-corrected chi connectivity index (χ1v) is 5.94. The van der Waals surface area contributed by atoms with Crippen molar-refractivity contribution in [1.29, 1.82) is 0 Å². The number of aliphatic hydroxyl groups is 1. The molecular formula is C12H13NO2S. The number of rotatable bonds is 4. The van der Waals surface area contributed by atoms with Gasteiger partial charge in [-0.3, -0.25) is 0 Å². The second-order valence-electron chi connectivity index (χ2n) is 3.32. The number of ether oxygens (including phenoxy) is 1. The molecule has 0 fully saturated rings. The van der Waals surface area contributed by atoms with Gasteiger partial charge in [0.1, 0.15) is 12.4 Å². The Hall–Kier alpha value is -1.39. The molecule has 0 aliphatic carbocycles. The maximum Gasteiger partial charge on any atom is 0.128 e. The third-order valence-electron chi connectivity index (χ3n) is 2.13. The number of hydrogen-bond acceptors (Lipinski definition) is 4. The van der Waals surface area contributed by atoms with E-state index in [1.807, 2.05) is 36.6 Å². The Morgan fingerprint density at radius 2 is 2.19 bits per heavy atom. The first-order valence-electron chi connectivity index (χ1n) is 5.06. The first-order chi connectivity index (χ1) is 7.81. The molecule has 0 aliphatic heterocycles. The summed E-state index contributed by atoms with van der Waals surface area (Å²) in [6.07, 6.45) is 0. The molecule has 16 heavy (non-hydrogen) atoms. The second-order valence-corrected chi connectivity index (χ2v) is 4.38. The van der Waals surface area contributed by atoms with E-state index >= 15 is 0 Å². The summed E-state index contributed by atoms with van der Waals surface area (Å²) in [5.74, 6) is 0.766. The van der Waals surface area contributed by atoms with Crippen LogP contribution in [0.4, 0.5) is 0 Å². The Balaban J connectivity index is 2.32. The third-order valence-corrected chi connectivity index (χ3v) is 2.90. The molecule has 0 spiro atoms. The van der Waals surface area contributed by atoms with Crippen molar-refractivity contribution in [3.63, 3.8) is 0 Å². The van der Waals surface area contributed by atoms with Gasteiger partial charge < -0.3 is 9.84 Å². The molecule has 84 valence electrons. The topological polar surface area (TPSA) is 42.4 Å². The van der Waals surface area contributed by atoms with E-state index in [2.05, 4.69) is 4.98 Å². The van der Waals surface area contributed by atoms with Crippen molar-refractivity contribution < 1.29 is 9.84 Å². The molecule has 0 saturated heterocycles. The maximum atomic E-state index is 8.75. The highest BCUT2D eigenvalue weighted by molar-refractivity contribution is 7.09. The Kier molecular flexibility index (Phi) is 3.54. The van der Waals surface area contributed by atoms with Gasteiger partial charge in [-0.05, 0) is 19.1 Å². The number of aliphatic hydroxyl groups excluding tert-OH is 1. The molecule has 4 heteroatoms. The fraction of sp³-hybridized carbons (Fsp3) is 0.250. The van der Waals surface area contributed by atoms with E-state index in [1.54, 1.807) is 11.3 Å². The number of para-hydroxylation sites is 1. The van der Waals surface area contributed by atoms with E-state index in [-0.39, 0.29) is 6.61 Å². The van der Waals surface area contributed by atoms with Crippen molar-refractivity contribution in [3.05, 3.63) is 34.7 Å². The van der Waals surface area contributed by atoms with Crippen LogP contribution in [0.3, 0.4) is 0 Å². The lowest BCUT2D eigenvalue weighted by atomic mass is 10.1. The lowest BCUT2D eigenvalue weighted by molar-refractivity contribution is 0.202. The van der Waals surface area contributed by atoms with E-state index in [0.29, 0.717) is 6.61 Å². The molecule has 0 unspecified atom stereocenters. The van der Waals surface area contributed by atoms with Crippen molar-refractivity contribution in [2.24, 2.45) is 0 Å². The van der Waals surface area contributed by atoms with Crippen LogP contribution < -0.4 is 4.74 Å². The second kappa shape index (κ2) is 5.09. The Morgan fingerprint density at radius 1 is 1.38 bits per heavy atom. The molecule has 1 heterocycles. The van der Waals surface area contributed by atoms with Crippen molar-refractivity contribution in [1.82, 2.24) is 4.98 Å². The molecule has 2 rings (SSSR count). The van der Waals surface area contributed by atoms with Gasteiger partial charge in [-0.15, -0.1) is 11.3 Å². The number of benzene rings is 1. The van der Waals surface area contributed by atoms with Crippen LogP contribution in [0.2, 0.25) is 0 Å². The molecule has 0 amide bonds. The van der Waals surface area contributed by atoms with Crippen LogP contribution in [0.25, 0.3) is 11.3 Å². The monoisotopic (exact) mass is 235 g/mol. The average molecular weight is 235 g/mol. The van der Waals surface area contributed by atoms with Gasteiger partial charge in [-0.2, -0.15) is 0 Å². The van der Waals surface area contributed by atoms with E-state index in [1.165, 1.54) is 0 Å². The molecule has 0 bridgehead atoms. The Bertz CT molecular complexity index is 468. The van der Waals surface area contributed by atoms with Gasteiger partial charge in [-0.25, -0.2) is 4.98 Å². The number of hydrogen-bond donors (Lipinski definition) is 1. The molecule has 1 aromatic heterocycles. The Labute approximate surface area is 98.4 Å². The minimum atomic E-state index is 0.0183. The average Bonchev–Trinajstić information content (AvgIpc) is 2.73. The predicted octanol–water partition coefficient (Wildman–Crippen LogP) is 2.49. The molecule has 1 N–H and O–H groups in total. The zero-order valence-electron chi connectivity index (χ0n) is 9.01.